The second kappa shape index (κ2) is 8.29. The zero-order chi connectivity index (χ0) is 18.4. The predicted molar refractivity (Wildman–Crippen MR) is 102 cm³/mol. The minimum Gasteiger partial charge on any atom is -0.507 e. The highest BCUT2D eigenvalue weighted by Crippen LogP contribution is 2.27. The van der Waals surface area contributed by atoms with Gasteiger partial charge in [-0.2, -0.15) is 0 Å². The van der Waals surface area contributed by atoms with Crippen LogP contribution in [0.25, 0.3) is 22.3 Å². The molecule has 0 radical (unpaired) electrons. The Balaban J connectivity index is 0.000000170. The van der Waals surface area contributed by atoms with Crippen molar-refractivity contribution in [1.82, 2.24) is 20.1 Å². The van der Waals surface area contributed by atoms with Gasteiger partial charge in [-0.25, -0.2) is 0 Å². The van der Waals surface area contributed by atoms with Gasteiger partial charge in [0.1, 0.15) is 5.75 Å². The molecular formula is C20H22N4O2. The van der Waals surface area contributed by atoms with E-state index >= 15 is 0 Å². The van der Waals surface area contributed by atoms with E-state index in [1.807, 2.05) is 35.4 Å². The molecule has 3 heterocycles. The summed E-state index contributed by atoms with van der Waals surface area (Å²) in [5, 5.41) is 18.8. The number of aromatic nitrogens is 3. The van der Waals surface area contributed by atoms with Crippen LogP contribution in [0.2, 0.25) is 0 Å². The van der Waals surface area contributed by atoms with Crippen LogP contribution >= 0.6 is 0 Å². The van der Waals surface area contributed by atoms with Crippen LogP contribution in [0.15, 0.2) is 55.3 Å². The molecule has 134 valence electrons. The van der Waals surface area contributed by atoms with E-state index in [1.165, 1.54) is 12.5 Å². The van der Waals surface area contributed by atoms with E-state index < -0.39 is 0 Å². The fourth-order valence-electron chi connectivity index (χ4n) is 2.92. The van der Waals surface area contributed by atoms with Crippen LogP contribution in [-0.4, -0.2) is 44.2 Å². The molecule has 4 rings (SSSR count). The van der Waals surface area contributed by atoms with Gasteiger partial charge in [-0.3, -0.25) is 4.79 Å². The Morgan fingerprint density at radius 2 is 1.92 bits per heavy atom. The van der Waals surface area contributed by atoms with Gasteiger partial charge in [0.25, 0.3) is 0 Å². The van der Waals surface area contributed by atoms with Crippen molar-refractivity contribution in [2.24, 2.45) is 0 Å². The quantitative estimate of drug-likeness (QED) is 0.693. The number of aromatic hydroxyl groups is 1. The lowest BCUT2D eigenvalue weighted by Gasteiger charge is -2.25. The summed E-state index contributed by atoms with van der Waals surface area (Å²) in [6.07, 6.45) is 6.78. The Labute approximate surface area is 152 Å². The lowest BCUT2D eigenvalue weighted by atomic mass is 10.1. The highest BCUT2D eigenvalue weighted by Gasteiger charge is 2.12. The third-order valence-corrected chi connectivity index (χ3v) is 4.33. The van der Waals surface area contributed by atoms with Gasteiger partial charge in [-0.05, 0) is 49.6 Å². The fraction of sp³-hybridized carbons (Fsp3) is 0.250. The zero-order valence-electron chi connectivity index (χ0n) is 14.6. The van der Waals surface area contributed by atoms with E-state index in [-0.39, 0.29) is 11.7 Å². The topological polar surface area (TPSA) is 82.1 Å². The molecule has 3 aromatic rings. The molecule has 0 aliphatic carbocycles. The number of para-hydroxylation sites is 1. The van der Waals surface area contributed by atoms with Crippen LogP contribution in [0, 0.1) is 0 Å². The number of phenolic OH excluding ortho intramolecular Hbond substituents is 1. The van der Waals surface area contributed by atoms with Crippen LogP contribution in [0.3, 0.4) is 0 Å². The monoisotopic (exact) mass is 350 g/mol. The number of H-pyrrole nitrogens is 1. The predicted octanol–water partition coefficient (Wildman–Crippen LogP) is 3.52. The van der Waals surface area contributed by atoms with E-state index in [4.69, 9.17) is 0 Å². The number of phenols is 1. The third kappa shape index (κ3) is 4.08. The van der Waals surface area contributed by atoms with Crippen molar-refractivity contribution in [3.8, 4) is 17.0 Å². The molecule has 2 N–H and O–H groups in total. The van der Waals surface area contributed by atoms with Crippen molar-refractivity contribution in [3.63, 3.8) is 0 Å². The molecule has 1 aliphatic rings. The third-order valence-electron chi connectivity index (χ3n) is 4.33. The molecule has 0 saturated carbocycles. The number of fused-ring (bicyclic) bond motifs is 1. The number of benzene rings is 1. The molecule has 0 spiro atoms. The maximum atomic E-state index is 11.0. The minimum absolute atomic E-state index is 0.0831. The summed E-state index contributed by atoms with van der Waals surface area (Å²) in [7, 11) is 0. The first kappa shape index (κ1) is 17.7. The van der Waals surface area contributed by atoms with Crippen molar-refractivity contribution < 1.29 is 9.90 Å². The summed E-state index contributed by atoms with van der Waals surface area (Å²) in [5.74, 6) is 0.298. The molecule has 1 aliphatic heterocycles. The van der Waals surface area contributed by atoms with E-state index in [2.05, 4.69) is 21.8 Å². The highest BCUT2D eigenvalue weighted by atomic mass is 16.3. The first-order valence-electron chi connectivity index (χ1n) is 8.69. The fourth-order valence-corrected chi connectivity index (χ4v) is 2.92. The number of amides is 1. The maximum absolute atomic E-state index is 11.0. The smallest absolute Gasteiger partial charge is 0.245 e. The first-order chi connectivity index (χ1) is 12.7. The summed E-state index contributed by atoms with van der Waals surface area (Å²) in [6, 6.07) is 10.9. The number of aromatic amines is 1. The van der Waals surface area contributed by atoms with E-state index in [0.717, 1.165) is 37.0 Å². The Hall–Kier alpha value is -3.15. The largest absolute Gasteiger partial charge is 0.507 e. The van der Waals surface area contributed by atoms with Gasteiger partial charge in [0.15, 0.2) is 5.65 Å². The first-order valence-corrected chi connectivity index (χ1v) is 8.69. The average molecular weight is 350 g/mol. The van der Waals surface area contributed by atoms with E-state index in [1.54, 1.807) is 12.1 Å². The standard InChI is InChI=1S/C12H9N3O.C8H13NO/c16-11-4-2-1-3-9(11)10-7-8-5-6-13-12(8)15-14-10;1-2-8(10)9-6-4-3-5-7-9/h1-7,16H,(H,13,15);2H,1,3-7H2. The molecule has 1 saturated heterocycles. The van der Waals surface area contributed by atoms with E-state index in [9.17, 15) is 9.90 Å². The minimum atomic E-state index is 0.0831. The molecule has 1 aromatic carbocycles. The number of likely N-dealkylation sites (tertiary alicyclic amines) is 1. The number of piperidine rings is 1. The van der Waals surface area contributed by atoms with Crippen molar-refractivity contribution in [2.75, 3.05) is 13.1 Å². The Morgan fingerprint density at radius 1 is 1.15 bits per heavy atom. The molecule has 26 heavy (non-hydrogen) atoms. The number of nitrogens with zero attached hydrogens (tertiary/aromatic N) is 3. The normalized spacial score (nSPS) is 13.8. The van der Waals surface area contributed by atoms with E-state index in [0.29, 0.717) is 11.3 Å². The van der Waals surface area contributed by atoms with Gasteiger partial charge in [-0.15, -0.1) is 10.2 Å². The number of rotatable bonds is 2. The van der Waals surface area contributed by atoms with Crippen LogP contribution in [0.1, 0.15) is 19.3 Å². The summed E-state index contributed by atoms with van der Waals surface area (Å²) in [6.45, 7) is 5.29. The summed E-state index contributed by atoms with van der Waals surface area (Å²) >= 11 is 0. The van der Waals surface area contributed by atoms with Crippen LogP contribution in [-0.2, 0) is 4.79 Å². The summed E-state index contributed by atoms with van der Waals surface area (Å²) in [5.41, 5.74) is 2.11. The van der Waals surface area contributed by atoms with Gasteiger partial charge in [0.2, 0.25) is 5.91 Å². The Bertz CT molecular complexity index is 897. The zero-order valence-corrected chi connectivity index (χ0v) is 14.6. The lowest BCUT2D eigenvalue weighted by molar-refractivity contribution is -0.126. The molecule has 0 unspecified atom stereocenters. The van der Waals surface area contributed by atoms with Crippen molar-refractivity contribution in [1.29, 1.82) is 0 Å². The molecule has 2 aromatic heterocycles. The molecule has 6 heteroatoms. The number of carbonyl (C=O) groups excluding carboxylic acids is 1. The second-order valence-corrected chi connectivity index (χ2v) is 6.12. The maximum Gasteiger partial charge on any atom is 0.245 e. The molecular weight excluding hydrogens is 328 g/mol. The van der Waals surface area contributed by atoms with Crippen LogP contribution < -0.4 is 0 Å². The molecule has 1 amide bonds. The van der Waals surface area contributed by atoms with Crippen LogP contribution in [0.5, 0.6) is 5.75 Å². The van der Waals surface area contributed by atoms with Crippen molar-refractivity contribution in [3.05, 3.63) is 55.3 Å². The summed E-state index contributed by atoms with van der Waals surface area (Å²) < 4.78 is 0. The second-order valence-electron chi connectivity index (χ2n) is 6.12. The highest BCUT2D eigenvalue weighted by molar-refractivity contribution is 5.87. The summed E-state index contributed by atoms with van der Waals surface area (Å²) in [4.78, 5) is 15.8. The van der Waals surface area contributed by atoms with Gasteiger partial charge < -0.3 is 15.0 Å². The Kier molecular flexibility index (Phi) is 5.63. The molecule has 0 atom stereocenters. The van der Waals surface area contributed by atoms with Gasteiger partial charge >= 0.3 is 0 Å². The molecule has 1 fully saturated rings. The Morgan fingerprint density at radius 3 is 2.65 bits per heavy atom. The number of carbonyl (C=O) groups is 1. The molecule has 6 nitrogen and oxygen atoms in total. The van der Waals surface area contributed by atoms with Crippen molar-refractivity contribution in [2.45, 2.75) is 19.3 Å². The van der Waals surface area contributed by atoms with Gasteiger partial charge in [0, 0.05) is 30.2 Å². The molecule has 0 bridgehead atoms. The van der Waals surface area contributed by atoms with Gasteiger partial charge in [-0.1, -0.05) is 18.7 Å². The van der Waals surface area contributed by atoms with Crippen molar-refractivity contribution >= 4 is 16.9 Å². The number of nitrogens with one attached hydrogen (secondary N) is 1. The average Bonchev–Trinajstić information content (AvgIpc) is 3.17. The lowest BCUT2D eigenvalue weighted by Crippen LogP contribution is -2.34. The number of hydrogen-bond donors (Lipinski definition) is 2. The van der Waals surface area contributed by atoms with Crippen LogP contribution in [0.4, 0.5) is 0 Å². The number of hydrogen-bond acceptors (Lipinski definition) is 4. The van der Waals surface area contributed by atoms with Gasteiger partial charge in [0.05, 0.1) is 5.69 Å². The SMILES string of the molecule is C=CC(=O)N1CCCCC1.Oc1ccccc1-c1cc2cc[nH]c2nn1.